The van der Waals surface area contributed by atoms with Crippen molar-refractivity contribution in [2.45, 2.75) is 31.4 Å². The number of alkyl halides is 3. The van der Waals surface area contributed by atoms with Gasteiger partial charge in [-0.1, -0.05) is 24.6 Å². The maximum Gasteiger partial charge on any atom is 0.416 e. The Bertz CT molecular complexity index is 445. The minimum Gasteiger partial charge on any atom is -0.396 e. The van der Waals surface area contributed by atoms with Crippen molar-refractivity contribution >= 4 is 0 Å². The Morgan fingerprint density at radius 3 is 2.45 bits per heavy atom. The molecule has 0 saturated heterocycles. The summed E-state index contributed by atoms with van der Waals surface area (Å²) in [5.74, 6) is -0.321. The molecule has 3 atom stereocenters. The van der Waals surface area contributed by atoms with Crippen LogP contribution >= 0.6 is 0 Å². The topological polar surface area (TPSA) is 40.5 Å². The molecule has 2 nitrogen and oxygen atoms in total. The molecule has 0 aromatic heterocycles. The maximum absolute atomic E-state index is 12.8. The van der Waals surface area contributed by atoms with Gasteiger partial charge in [0.05, 0.1) is 5.56 Å². The lowest BCUT2D eigenvalue weighted by Crippen LogP contribution is -2.32. The monoisotopic (exact) mass is 288 g/mol. The molecule has 1 aromatic rings. The molecule has 0 unspecified atom stereocenters. The highest BCUT2D eigenvalue weighted by atomic mass is 19.4. The molecule has 112 valence electrons. The number of aliphatic hydroxyl groups excluding tert-OH is 2. The first-order valence-corrected chi connectivity index (χ1v) is 6.86. The number of benzene rings is 1. The number of aliphatic hydroxyl groups is 2. The lowest BCUT2D eigenvalue weighted by Gasteiger charge is -2.36. The lowest BCUT2D eigenvalue weighted by molar-refractivity contribution is -0.137. The van der Waals surface area contributed by atoms with Crippen molar-refractivity contribution in [3.05, 3.63) is 35.4 Å². The third kappa shape index (κ3) is 3.15. The van der Waals surface area contributed by atoms with Crippen LogP contribution in [-0.4, -0.2) is 23.4 Å². The van der Waals surface area contributed by atoms with Crippen molar-refractivity contribution < 1.29 is 23.4 Å². The van der Waals surface area contributed by atoms with E-state index in [1.165, 1.54) is 12.1 Å². The third-order valence-corrected chi connectivity index (χ3v) is 4.30. The first kappa shape index (κ1) is 15.3. The van der Waals surface area contributed by atoms with Gasteiger partial charge in [0.25, 0.3) is 0 Å². The van der Waals surface area contributed by atoms with Crippen molar-refractivity contribution in [2.75, 3.05) is 13.2 Å². The summed E-state index contributed by atoms with van der Waals surface area (Å²) in [6.45, 7) is -0.132. The summed E-state index contributed by atoms with van der Waals surface area (Å²) in [4.78, 5) is 0. The van der Waals surface area contributed by atoms with Crippen LogP contribution in [0, 0.1) is 11.8 Å². The minimum atomic E-state index is -4.35. The molecule has 5 heteroatoms. The summed E-state index contributed by atoms with van der Waals surface area (Å²) >= 11 is 0. The van der Waals surface area contributed by atoms with E-state index in [1.54, 1.807) is 6.07 Å². The zero-order chi connectivity index (χ0) is 14.8. The normalized spacial score (nSPS) is 27.6. The van der Waals surface area contributed by atoms with Crippen molar-refractivity contribution in [3.8, 4) is 0 Å². The predicted octanol–water partition coefficient (Wildman–Crippen LogP) is 3.19. The van der Waals surface area contributed by atoms with E-state index in [2.05, 4.69) is 0 Å². The predicted molar refractivity (Wildman–Crippen MR) is 69.2 cm³/mol. The molecule has 2 N–H and O–H groups in total. The van der Waals surface area contributed by atoms with Gasteiger partial charge in [-0.15, -0.1) is 0 Å². The fraction of sp³-hybridized carbons (Fsp3) is 0.600. The molecule has 1 aromatic carbocycles. The zero-order valence-corrected chi connectivity index (χ0v) is 11.1. The van der Waals surface area contributed by atoms with E-state index >= 15 is 0 Å². The van der Waals surface area contributed by atoms with Crippen LogP contribution in [0.2, 0.25) is 0 Å². The van der Waals surface area contributed by atoms with Crippen LogP contribution in [0.15, 0.2) is 24.3 Å². The Kier molecular flexibility index (Phi) is 4.70. The lowest BCUT2D eigenvalue weighted by atomic mass is 9.70. The number of rotatable bonds is 3. The van der Waals surface area contributed by atoms with Gasteiger partial charge in [0.2, 0.25) is 0 Å². The molecule has 1 aliphatic carbocycles. The third-order valence-electron chi connectivity index (χ3n) is 4.30. The molecule has 0 spiro atoms. The quantitative estimate of drug-likeness (QED) is 0.896. The SMILES string of the molecule is OC[C@H]1CCC[C@@H](c2cccc(C(F)(F)F)c2)[C@@H]1CO. The van der Waals surface area contributed by atoms with Crippen LogP contribution in [0.3, 0.4) is 0 Å². The highest BCUT2D eigenvalue weighted by Crippen LogP contribution is 2.42. The van der Waals surface area contributed by atoms with Crippen molar-refractivity contribution in [1.29, 1.82) is 0 Å². The molecule has 0 bridgehead atoms. The molecule has 1 saturated carbocycles. The van der Waals surface area contributed by atoms with E-state index in [1.807, 2.05) is 0 Å². The second kappa shape index (κ2) is 6.14. The summed E-state index contributed by atoms with van der Waals surface area (Å²) in [7, 11) is 0. The van der Waals surface area contributed by atoms with Crippen molar-refractivity contribution in [1.82, 2.24) is 0 Å². The molecule has 0 radical (unpaired) electrons. The fourth-order valence-electron chi connectivity index (χ4n) is 3.22. The average molecular weight is 288 g/mol. The molecule has 2 rings (SSSR count). The van der Waals surface area contributed by atoms with Crippen LogP contribution in [0.4, 0.5) is 13.2 Å². The second-order valence-corrected chi connectivity index (χ2v) is 5.45. The molecule has 0 amide bonds. The van der Waals surface area contributed by atoms with E-state index in [0.717, 1.165) is 25.3 Å². The Morgan fingerprint density at radius 1 is 1.10 bits per heavy atom. The minimum absolute atomic E-state index is 0.0271. The number of hydrogen-bond acceptors (Lipinski definition) is 2. The Hall–Kier alpha value is -1.07. The van der Waals surface area contributed by atoms with E-state index in [0.29, 0.717) is 5.56 Å². The molecule has 0 heterocycles. The number of halogens is 3. The standard InChI is InChI=1S/C15H19F3O2/c16-15(17,18)12-5-1-3-10(7-12)13-6-2-4-11(8-19)14(13)9-20/h1,3,5,7,11,13-14,19-20H,2,4,6,8-9H2/t11-,13+,14-/m1/s1. The Morgan fingerprint density at radius 2 is 1.85 bits per heavy atom. The van der Waals surface area contributed by atoms with Crippen LogP contribution in [0.1, 0.15) is 36.3 Å². The highest BCUT2D eigenvalue weighted by Gasteiger charge is 2.35. The second-order valence-electron chi connectivity index (χ2n) is 5.45. The van der Waals surface area contributed by atoms with E-state index in [9.17, 15) is 23.4 Å². The Labute approximate surface area is 116 Å². The van der Waals surface area contributed by atoms with Gasteiger partial charge in [-0.05, 0) is 42.2 Å². The zero-order valence-electron chi connectivity index (χ0n) is 11.1. The first-order chi connectivity index (χ1) is 9.47. The summed E-state index contributed by atoms with van der Waals surface area (Å²) in [6, 6.07) is 5.33. The fourth-order valence-corrected chi connectivity index (χ4v) is 3.22. The van der Waals surface area contributed by atoms with Crippen LogP contribution in [0.5, 0.6) is 0 Å². The smallest absolute Gasteiger partial charge is 0.396 e. The van der Waals surface area contributed by atoms with Gasteiger partial charge in [-0.25, -0.2) is 0 Å². The van der Waals surface area contributed by atoms with Crippen molar-refractivity contribution in [2.24, 2.45) is 11.8 Å². The Balaban J connectivity index is 2.29. The van der Waals surface area contributed by atoms with Crippen LogP contribution < -0.4 is 0 Å². The summed E-state index contributed by atoms with van der Waals surface area (Å²) < 4.78 is 38.3. The van der Waals surface area contributed by atoms with Gasteiger partial charge in [-0.3, -0.25) is 0 Å². The van der Waals surface area contributed by atoms with Gasteiger partial charge in [-0.2, -0.15) is 13.2 Å². The van der Waals surface area contributed by atoms with E-state index < -0.39 is 11.7 Å². The van der Waals surface area contributed by atoms with Gasteiger partial charge in [0.15, 0.2) is 0 Å². The summed E-state index contributed by atoms with van der Waals surface area (Å²) in [5, 5.41) is 18.9. The van der Waals surface area contributed by atoms with Gasteiger partial charge in [0, 0.05) is 13.2 Å². The summed E-state index contributed by atoms with van der Waals surface area (Å²) in [6.07, 6.45) is -1.92. The molecule has 0 aliphatic heterocycles. The molecular weight excluding hydrogens is 269 g/mol. The largest absolute Gasteiger partial charge is 0.416 e. The van der Waals surface area contributed by atoms with Crippen LogP contribution in [-0.2, 0) is 6.18 Å². The van der Waals surface area contributed by atoms with E-state index in [4.69, 9.17) is 0 Å². The summed E-state index contributed by atoms with van der Waals surface area (Å²) in [5.41, 5.74) is -0.0464. The first-order valence-electron chi connectivity index (χ1n) is 6.86. The van der Waals surface area contributed by atoms with E-state index in [-0.39, 0.29) is 31.0 Å². The van der Waals surface area contributed by atoms with Gasteiger partial charge in [0.1, 0.15) is 0 Å². The molecule has 1 aliphatic rings. The number of hydrogen-bond donors (Lipinski definition) is 2. The highest BCUT2D eigenvalue weighted by molar-refractivity contribution is 5.29. The molecule has 1 fully saturated rings. The van der Waals surface area contributed by atoms with Crippen molar-refractivity contribution in [3.63, 3.8) is 0 Å². The maximum atomic E-state index is 12.8. The molecule has 20 heavy (non-hydrogen) atoms. The van der Waals surface area contributed by atoms with Gasteiger partial charge < -0.3 is 10.2 Å². The van der Waals surface area contributed by atoms with Gasteiger partial charge >= 0.3 is 6.18 Å². The van der Waals surface area contributed by atoms with Crippen LogP contribution in [0.25, 0.3) is 0 Å². The average Bonchev–Trinajstić information content (AvgIpc) is 2.45. The molecular formula is C15H19F3O2.